The Morgan fingerprint density at radius 1 is 1.62 bits per heavy atom. The number of benzene rings is 1. The molecule has 66 valence electrons. The highest BCUT2D eigenvalue weighted by Crippen LogP contribution is 2.19. The standard InChI is InChI=1S/C8H4ClFN2O/c9-5-1-2-6(10)7(3-5)12-8(13)4-11/h1-3H,(H,12,13). The van der Waals surface area contributed by atoms with Crippen LogP contribution in [0, 0.1) is 17.1 Å². The molecule has 0 heterocycles. The first-order valence-electron chi connectivity index (χ1n) is 3.29. The van der Waals surface area contributed by atoms with Gasteiger partial charge in [-0.15, -0.1) is 0 Å². The maximum absolute atomic E-state index is 12.9. The zero-order chi connectivity index (χ0) is 9.84. The van der Waals surface area contributed by atoms with E-state index < -0.39 is 11.7 Å². The van der Waals surface area contributed by atoms with E-state index in [4.69, 9.17) is 16.9 Å². The quantitative estimate of drug-likeness (QED) is 0.701. The van der Waals surface area contributed by atoms with Gasteiger partial charge in [-0.05, 0) is 18.2 Å². The molecule has 0 aliphatic carbocycles. The Balaban J connectivity index is 2.95. The highest BCUT2D eigenvalue weighted by atomic mass is 35.5. The molecule has 3 nitrogen and oxygen atoms in total. The Bertz CT molecular complexity index is 386. The SMILES string of the molecule is N#CC(=O)Nc1cc(Cl)ccc1F. The fourth-order valence-electron chi connectivity index (χ4n) is 0.744. The molecule has 0 bridgehead atoms. The first-order chi connectivity index (χ1) is 6.13. The molecule has 0 fully saturated rings. The molecule has 0 saturated carbocycles. The Morgan fingerprint density at radius 3 is 2.92 bits per heavy atom. The Kier molecular flexibility index (Phi) is 2.83. The van der Waals surface area contributed by atoms with Gasteiger partial charge in [0.05, 0.1) is 5.69 Å². The van der Waals surface area contributed by atoms with Gasteiger partial charge in [0, 0.05) is 5.02 Å². The van der Waals surface area contributed by atoms with E-state index in [9.17, 15) is 9.18 Å². The van der Waals surface area contributed by atoms with Crippen LogP contribution in [0.2, 0.25) is 5.02 Å². The number of nitrogens with zero attached hydrogens (tertiary/aromatic N) is 1. The van der Waals surface area contributed by atoms with E-state index in [-0.39, 0.29) is 10.7 Å². The molecule has 13 heavy (non-hydrogen) atoms. The number of nitriles is 1. The number of carbonyl (C=O) groups is 1. The molecule has 0 spiro atoms. The molecule has 5 heteroatoms. The summed E-state index contributed by atoms with van der Waals surface area (Å²) in [7, 11) is 0. The zero-order valence-corrected chi connectivity index (χ0v) is 7.10. The lowest BCUT2D eigenvalue weighted by atomic mass is 10.3. The molecule has 1 N–H and O–H groups in total. The lowest BCUT2D eigenvalue weighted by Gasteiger charge is -2.01. The van der Waals surface area contributed by atoms with Crippen LogP contribution >= 0.6 is 11.6 Å². The molecule has 1 aromatic carbocycles. The van der Waals surface area contributed by atoms with E-state index in [1.54, 1.807) is 0 Å². The van der Waals surface area contributed by atoms with Crippen molar-refractivity contribution in [2.24, 2.45) is 0 Å². The van der Waals surface area contributed by atoms with Crippen LogP contribution in [-0.2, 0) is 4.79 Å². The minimum absolute atomic E-state index is 0.0981. The van der Waals surface area contributed by atoms with Gasteiger partial charge in [0.25, 0.3) is 0 Å². The third-order valence-corrected chi connectivity index (χ3v) is 1.51. The van der Waals surface area contributed by atoms with E-state index >= 15 is 0 Å². The van der Waals surface area contributed by atoms with Gasteiger partial charge in [0.1, 0.15) is 5.82 Å². The smallest absolute Gasteiger partial charge is 0.311 e. The summed E-state index contributed by atoms with van der Waals surface area (Å²) in [6, 6.07) is 4.98. The predicted octanol–water partition coefficient (Wildman–Crippen LogP) is 1.94. The Labute approximate surface area is 78.7 Å². The topological polar surface area (TPSA) is 52.9 Å². The third-order valence-electron chi connectivity index (χ3n) is 1.28. The molecule has 0 aliphatic rings. The summed E-state index contributed by atoms with van der Waals surface area (Å²) in [5.41, 5.74) is -0.0981. The van der Waals surface area contributed by atoms with E-state index in [1.807, 2.05) is 5.32 Å². The maximum Gasteiger partial charge on any atom is 0.326 e. The minimum atomic E-state index is -0.929. The van der Waals surface area contributed by atoms with Crippen molar-refractivity contribution in [2.45, 2.75) is 0 Å². The minimum Gasteiger partial charge on any atom is -0.311 e. The van der Waals surface area contributed by atoms with Crippen molar-refractivity contribution in [1.29, 1.82) is 5.26 Å². The van der Waals surface area contributed by atoms with Gasteiger partial charge in [0.2, 0.25) is 0 Å². The van der Waals surface area contributed by atoms with Gasteiger partial charge in [-0.1, -0.05) is 11.6 Å². The van der Waals surface area contributed by atoms with Gasteiger partial charge in [-0.2, -0.15) is 5.26 Å². The second kappa shape index (κ2) is 3.87. The molecule has 0 unspecified atom stereocenters. The number of amides is 1. The van der Waals surface area contributed by atoms with Crippen LogP contribution in [0.5, 0.6) is 0 Å². The van der Waals surface area contributed by atoms with E-state index in [0.717, 1.165) is 6.07 Å². The highest BCUT2D eigenvalue weighted by Gasteiger charge is 2.05. The Hall–Kier alpha value is -1.60. The van der Waals surface area contributed by atoms with E-state index in [1.165, 1.54) is 18.2 Å². The number of carbonyl (C=O) groups excluding carboxylic acids is 1. The number of anilines is 1. The van der Waals surface area contributed by atoms with Crippen molar-refractivity contribution in [1.82, 2.24) is 0 Å². The van der Waals surface area contributed by atoms with Gasteiger partial charge < -0.3 is 5.32 Å². The number of rotatable bonds is 1. The molecular weight excluding hydrogens is 195 g/mol. The van der Waals surface area contributed by atoms with Crippen LogP contribution < -0.4 is 5.32 Å². The van der Waals surface area contributed by atoms with Crippen LogP contribution in [0.25, 0.3) is 0 Å². The lowest BCUT2D eigenvalue weighted by molar-refractivity contribution is -0.111. The summed E-state index contributed by atoms with van der Waals surface area (Å²) in [5.74, 6) is -1.56. The van der Waals surface area contributed by atoms with Crippen LogP contribution in [0.4, 0.5) is 10.1 Å². The summed E-state index contributed by atoms with van der Waals surface area (Å²) < 4.78 is 12.9. The fraction of sp³-hybridized carbons (Fsp3) is 0. The van der Waals surface area contributed by atoms with Crippen LogP contribution in [-0.4, -0.2) is 5.91 Å². The van der Waals surface area contributed by atoms with Crippen LogP contribution in [0.1, 0.15) is 0 Å². The Morgan fingerprint density at radius 2 is 2.31 bits per heavy atom. The second-order valence-corrected chi connectivity index (χ2v) is 2.63. The number of nitrogens with one attached hydrogen (secondary N) is 1. The summed E-state index contributed by atoms with van der Waals surface area (Å²) >= 11 is 5.54. The van der Waals surface area contributed by atoms with Crippen molar-refractivity contribution in [3.8, 4) is 6.07 Å². The number of hydrogen-bond acceptors (Lipinski definition) is 2. The zero-order valence-electron chi connectivity index (χ0n) is 6.34. The molecule has 0 saturated heterocycles. The summed E-state index contributed by atoms with van der Waals surface area (Å²) in [6.07, 6.45) is 0. The third kappa shape index (κ3) is 2.42. The molecule has 0 radical (unpaired) electrons. The fourth-order valence-corrected chi connectivity index (χ4v) is 0.916. The maximum atomic E-state index is 12.9. The van der Waals surface area contributed by atoms with Gasteiger partial charge in [-0.25, -0.2) is 4.39 Å². The van der Waals surface area contributed by atoms with Crippen molar-refractivity contribution >= 4 is 23.2 Å². The summed E-state index contributed by atoms with van der Waals surface area (Å²) in [5, 5.41) is 10.5. The molecule has 0 aliphatic heterocycles. The average molecular weight is 199 g/mol. The molecule has 0 atom stereocenters. The van der Waals surface area contributed by atoms with Crippen molar-refractivity contribution in [3.63, 3.8) is 0 Å². The summed E-state index contributed by atoms with van der Waals surface area (Å²) in [4.78, 5) is 10.6. The van der Waals surface area contributed by atoms with E-state index in [2.05, 4.69) is 0 Å². The molecule has 0 aromatic heterocycles. The molecule has 1 rings (SSSR count). The molecular formula is C8H4ClFN2O. The second-order valence-electron chi connectivity index (χ2n) is 2.19. The highest BCUT2D eigenvalue weighted by molar-refractivity contribution is 6.30. The predicted molar refractivity (Wildman–Crippen MR) is 45.7 cm³/mol. The monoisotopic (exact) mass is 198 g/mol. The molecule has 1 amide bonds. The number of hydrogen-bond donors (Lipinski definition) is 1. The summed E-state index contributed by atoms with van der Waals surface area (Å²) in [6.45, 7) is 0. The van der Waals surface area contributed by atoms with Gasteiger partial charge >= 0.3 is 5.91 Å². The largest absolute Gasteiger partial charge is 0.326 e. The van der Waals surface area contributed by atoms with Crippen molar-refractivity contribution in [2.75, 3.05) is 5.32 Å². The first kappa shape index (κ1) is 9.49. The van der Waals surface area contributed by atoms with Crippen molar-refractivity contribution in [3.05, 3.63) is 29.0 Å². The molecule has 1 aromatic rings. The van der Waals surface area contributed by atoms with Gasteiger partial charge in [0.15, 0.2) is 6.07 Å². The van der Waals surface area contributed by atoms with Gasteiger partial charge in [-0.3, -0.25) is 4.79 Å². The van der Waals surface area contributed by atoms with Crippen LogP contribution in [0.15, 0.2) is 18.2 Å². The van der Waals surface area contributed by atoms with E-state index in [0.29, 0.717) is 0 Å². The lowest BCUT2D eigenvalue weighted by Crippen LogP contribution is -2.09. The average Bonchev–Trinajstić information content (AvgIpc) is 2.11. The number of halogens is 2. The van der Waals surface area contributed by atoms with Crippen LogP contribution in [0.3, 0.4) is 0 Å². The van der Waals surface area contributed by atoms with Crippen molar-refractivity contribution < 1.29 is 9.18 Å². The first-order valence-corrected chi connectivity index (χ1v) is 3.67. The normalized spacial score (nSPS) is 9.00.